The van der Waals surface area contributed by atoms with Crippen molar-refractivity contribution >= 4 is 67.2 Å². The molecule has 0 saturated heterocycles. The third-order valence-corrected chi connectivity index (χ3v) is 7.47. The highest BCUT2D eigenvalue weighted by molar-refractivity contribution is 14.1. The predicted octanol–water partition coefficient (Wildman–Crippen LogP) is 5.84. The molecule has 3 aromatic carbocycles. The van der Waals surface area contributed by atoms with Crippen LogP contribution >= 0.6 is 34.2 Å². The molecule has 0 spiro atoms. The molecule has 0 aromatic heterocycles. The Morgan fingerprint density at radius 2 is 1.80 bits per heavy atom. The van der Waals surface area contributed by atoms with Gasteiger partial charge in [-0.05, 0) is 77.7 Å². The summed E-state index contributed by atoms with van der Waals surface area (Å²) in [5.41, 5.74) is 1.44. The van der Waals surface area contributed by atoms with E-state index in [-0.39, 0.29) is 23.0 Å². The minimum Gasteiger partial charge on any atom is -0.351 e. The number of para-hydroxylation sites is 1. The van der Waals surface area contributed by atoms with Crippen LogP contribution in [0.2, 0.25) is 5.02 Å². The number of carbonyl (C=O) groups excluding carboxylic acids is 1. The number of halogens is 4. The lowest BCUT2D eigenvalue weighted by Crippen LogP contribution is -2.27. The normalized spacial score (nSPS) is 13.4. The number of benzene rings is 3. The van der Waals surface area contributed by atoms with Crippen LogP contribution in [-0.4, -0.2) is 20.9 Å². The highest BCUT2D eigenvalue weighted by Crippen LogP contribution is 2.34. The first-order valence-electron chi connectivity index (χ1n) is 10.4. The number of carbonyl (C=O) groups is 1. The SMILES string of the molecule is O=C(NOCC1CC1)c1cc(S(=O)(=O)Nc2ccccc2)c(F)c(F)c1Nc1ccc(I)cc1Cl. The molecular weight excluding hydrogens is 615 g/mol. The van der Waals surface area contributed by atoms with Crippen molar-refractivity contribution in [1.82, 2.24) is 5.48 Å². The third kappa shape index (κ3) is 6.21. The van der Waals surface area contributed by atoms with Crippen LogP contribution < -0.4 is 15.5 Å². The lowest BCUT2D eigenvalue weighted by molar-refractivity contribution is 0.0270. The van der Waals surface area contributed by atoms with Crippen molar-refractivity contribution in [3.8, 4) is 0 Å². The molecule has 1 fully saturated rings. The number of rotatable bonds is 9. The Morgan fingerprint density at radius 3 is 2.46 bits per heavy atom. The van der Waals surface area contributed by atoms with Gasteiger partial charge in [0.05, 0.1) is 28.6 Å². The Hall–Kier alpha value is -2.48. The van der Waals surface area contributed by atoms with Crippen LogP contribution in [0, 0.1) is 21.1 Å². The zero-order chi connectivity index (χ0) is 25.2. The number of hydrogen-bond acceptors (Lipinski definition) is 5. The van der Waals surface area contributed by atoms with Gasteiger partial charge in [-0.3, -0.25) is 14.4 Å². The smallest absolute Gasteiger partial charge is 0.277 e. The Kier molecular flexibility index (Phi) is 7.79. The maximum atomic E-state index is 15.3. The zero-order valence-electron chi connectivity index (χ0n) is 17.9. The summed E-state index contributed by atoms with van der Waals surface area (Å²) >= 11 is 8.24. The molecule has 1 aliphatic rings. The molecule has 0 unspecified atom stereocenters. The van der Waals surface area contributed by atoms with Gasteiger partial charge in [0.25, 0.3) is 15.9 Å². The van der Waals surface area contributed by atoms with Crippen molar-refractivity contribution in [2.75, 3.05) is 16.6 Å². The van der Waals surface area contributed by atoms with E-state index in [0.29, 0.717) is 5.92 Å². The first-order valence-corrected chi connectivity index (χ1v) is 13.3. The van der Waals surface area contributed by atoms with Gasteiger partial charge in [-0.15, -0.1) is 0 Å². The van der Waals surface area contributed by atoms with Gasteiger partial charge in [-0.1, -0.05) is 29.8 Å². The standard InChI is InChI=1S/C23H19ClF2IN3O4S/c24-17-10-14(27)8-9-18(17)28-22-16(23(31)29-34-12-13-6-7-13)11-19(20(25)21(22)26)35(32,33)30-15-4-2-1-3-5-15/h1-5,8-11,13,28,30H,6-7,12H2,(H,29,31). The first-order chi connectivity index (χ1) is 16.7. The molecule has 1 amide bonds. The summed E-state index contributed by atoms with van der Waals surface area (Å²) in [5.74, 6) is -3.87. The summed E-state index contributed by atoms with van der Waals surface area (Å²) < 4.78 is 59.2. The molecule has 7 nitrogen and oxygen atoms in total. The van der Waals surface area contributed by atoms with E-state index in [4.69, 9.17) is 16.4 Å². The average Bonchev–Trinajstić information content (AvgIpc) is 3.63. The molecule has 35 heavy (non-hydrogen) atoms. The summed E-state index contributed by atoms with van der Waals surface area (Å²) in [7, 11) is -4.59. The van der Waals surface area contributed by atoms with E-state index in [9.17, 15) is 13.2 Å². The van der Waals surface area contributed by atoms with E-state index in [1.165, 1.54) is 18.2 Å². The van der Waals surface area contributed by atoms with Gasteiger partial charge < -0.3 is 5.32 Å². The van der Waals surface area contributed by atoms with Crippen molar-refractivity contribution in [3.05, 3.63) is 80.4 Å². The molecule has 1 aliphatic carbocycles. The fourth-order valence-corrected chi connectivity index (χ4v) is 5.16. The fraction of sp³-hybridized carbons (Fsp3) is 0.174. The second kappa shape index (κ2) is 10.6. The summed E-state index contributed by atoms with van der Waals surface area (Å²) in [6, 6.07) is 13.2. The third-order valence-electron chi connectivity index (χ3n) is 5.11. The zero-order valence-corrected chi connectivity index (χ0v) is 21.7. The van der Waals surface area contributed by atoms with E-state index in [0.717, 1.165) is 22.5 Å². The molecule has 4 rings (SSSR count). The Labute approximate surface area is 219 Å². The van der Waals surface area contributed by atoms with Crippen LogP contribution in [0.15, 0.2) is 59.5 Å². The monoisotopic (exact) mass is 633 g/mol. The van der Waals surface area contributed by atoms with Gasteiger partial charge in [0.15, 0.2) is 11.6 Å². The van der Waals surface area contributed by atoms with Gasteiger partial charge >= 0.3 is 0 Å². The number of sulfonamides is 1. The highest BCUT2D eigenvalue weighted by Gasteiger charge is 2.30. The summed E-state index contributed by atoms with van der Waals surface area (Å²) in [5, 5.41) is 2.81. The molecule has 3 aromatic rings. The first kappa shape index (κ1) is 25.6. The molecule has 184 valence electrons. The van der Waals surface area contributed by atoms with Crippen LogP contribution in [0.1, 0.15) is 23.2 Å². The highest BCUT2D eigenvalue weighted by atomic mass is 127. The lowest BCUT2D eigenvalue weighted by Gasteiger charge is -2.17. The molecule has 0 atom stereocenters. The van der Waals surface area contributed by atoms with E-state index in [1.54, 1.807) is 30.3 Å². The van der Waals surface area contributed by atoms with Crippen LogP contribution in [0.3, 0.4) is 0 Å². The average molecular weight is 634 g/mol. The molecule has 0 aliphatic heterocycles. The van der Waals surface area contributed by atoms with Crippen molar-refractivity contribution in [2.45, 2.75) is 17.7 Å². The Morgan fingerprint density at radius 1 is 1.09 bits per heavy atom. The predicted molar refractivity (Wildman–Crippen MR) is 137 cm³/mol. The minimum atomic E-state index is -4.59. The summed E-state index contributed by atoms with van der Waals surface area (Å²) in [4.78, 5) is 17.0. The van der Waals surface area contributed by atoms with Crippen molar-refractivity contribution in [3.63, 3.8) is 0 Å². The summed E-state index contributed by atoms with van der Waals surface area (Å²) in [6.45, 7) is 0.252. The topological polar surface area (TPSA) is 96.5 Å². The number of amides is 1. The Bertz CT molecular complexity index is 1370. The maximum Gasteiger partial charge on any atom is 0.277 e. The molecule has 12 heteroatoms. The molecular formula is C23H19ClF2IN3O4S. The minimum absolute atomic E-state index is 0.138. The van der Waals surface area contributed by atoms with Crippen LogP contribution in [0.25, 0.3) is 0 Å². The lowest BCUT2D eigenvalue weighted by atomic mass is 10.1. The molecule has 3 N–H and O–H groups in total. The van der Waals surface area contributed by atoms with E-state index in [2.05, 4.69) is 15.5 Å². The van der Waals surface area contributed by atoms with Gasteiger partial charge in [0.2, 0.25) is 0 Å². The molecule has 0 heterocycles. The molecule has 0 radical (unpaired) electrons. The summed E-state index contributed by atoms with van der Waals surface area (Å²) in [6.07, 6.45) is 1.93. The van der Waals surface area contributed by atoms with Crippen LogP contribution in [0.4, 0.5) is 25.8 Å². The van der Waals surface area contributed by atoms with Crippen molar-refractivity contribution in [1.29, 1.82) is 0 Å². The van der Waals surface area contributed by atoms with Gasteiger partial charge in [-0.2, -0.15) is 0 Å². The second-order valence-corrected chi connectivity index (χ2v) is 11.1. The number of hydroxylamine groups is 1. The second-order valence-electron chi connectivity index (χ2n) is 7.83. The van der Waals surface area contributed by atoms with Crippen LogP contribution in [-0.2, 0) is 14.9 Å². The van der Waals surface area contributed by atoms with Gasteiger partial charge in [0.1, 0.15) is 4.90 Å². The number of nitrogens with one attached hydrogen (secondary N) is 3. The van der Waals surface area contributed by atoms with Gasteiger partial charge in [-0.25, -0.2) is 22.7 Å². The number of hydrogen-bond donors (Lipinski definition) is 3. The quantitative estimate of drug-likeness (QED) is 0.203. The number of anilines is 3. The van der Waals surface area contributed by atoms with E-state index < -0.39 is 43.7 Å². The van der Waals surface area contributed by atoms with Crippen molar-refractivity contribution in [2.24, 2.45) is 5.92 Å². The molecule has 1 saturated carbocycles. The van der Waals surface area contributed by atoms with E-state index >= 15 is 8.78 Å². The maximum absolute atomic E-state index is 15.3. The Balaban J connectivity index is 1.75. The largest absolute Gasteiger partial charge is 0.351 e. The molecule has 0 bridgehead atoms. The van der Waals surface area contributed by atoms with Gasteiger partial charge in [0, 0.05) is 9.26 Å². The fourth-order valence-electron chi connectivity index (χ4n) is 3.11. The van der Waals surface area contributed by atoms with E-state index in [1.807, 2.05) is 22.6 Å². The van der Waals surface area contributed by atoms with Crippen molar-refractivity contribution < 1.29 is 26.8 Å². The van der Waals surface area contributed by atoms with Crippen LogP contribution in [0.5, 0.6) is 0 Å².